The molecular formula is C17H15FN4O5S. The molecule has 11 heteroatoms. The van der Waals surface area contributed by atoms with E-state index in [9.17, 15) is 14.5 Å². The molecule has 4 rings (SSSR count). The lowest BCUT2D eigenvalue weighted by molar-refractivity contribution is -0.389. The van der Waals surface area contributed by atoms with Crippen LogP contribution in [-0.2, 0) is 17.9 Å². The number of thiazole rings is 1. The van der Waals surface area contributed by atoms with Gasteiger partial charge in [-0.25, -0.2) is 9.37 Å². The van der Waals surface area contributed by atoms with Gasteiger partial charge in [0.1, 0.15) is 23.9 Å². The highest BCUT2D eigenvalue weighted by molar-refractivity contribution is 7.13. The average Bonchev–Trinajstić information content (AvgIpc) is 3.33. The number of hydrogen-bond acceptors (Lipinski definition) is 8. The van der Waals surface area contributed by atoms with Gasteiger partial charge in [0.05, 0.1) is 26.0 Å². The van der Waals surface area contributed by atoms with Crippen molar-refractivity contribution >= 4 is 17.2 Å². The number of benzene rings is 1. The van der Waals surface area contributed by atoms with E-state index >= 15 is 0 Å². The van der Waals surface area contributed by atoms with Gasteiger partial charge in [0.15, 0.2) is 11.6 Å². The van der Waals surface area contributed by atoms with E-state index in [0.717, 1.165) is 0 Å². The van der Waals surface area contributed by atoms with Crippen LogP contribution in [0.15, 0.2) is 29.8 Å². The van der Waals surface area contributed by atoms with Gasteiger partial charge in [-0.2, -0.15) is 0 Å². The molecule has 2 aromatic heterocycles. The second kappa shape index (κ2) is 7.52. The van der Waals surface area contributed by atoms with Gasteiger partial charge < -0.3 is 24.3 Å². The topological polar surface area (TPSA) is 102 Å². The molecule has 1 aliphatic rings. The van der Waals surface area contributed by atoms with Crippen molar-refractivity contribution in [1.29, 1.82) is 0 Å². The lowest BCUT2D eigenvalue weighted by atomic mass is 10.2. The van der Waals surface area contributed by atoms with Crippen molar-refractivity contribution in [1.82, 2.24) is 14.5 Å². The molecule has 1 aliphatic heterocycles. The minimum absolute atomic E-state index is 0.181. The third-order valence-electron chi connectivity index (χ3n) is 4.13. The molecule has 0 radical (unpaired) electrons. The molecule has 0 unspecified atom stereocenters. The maximum absolute atomic E-state index is 13.9. The number of rotatable bonds is 6. The molecule has 146 valence electrons. The zero-order valence-corrected chi connectivity index (χ0v) is 15.5. The monoisotopic (exact) mass is 406 g/mol. The highest BCUT2D eigenvalue weighted by Gasteiger charge is 2.28. The van der Waals surface area contributed by atoms with Crippen LogP contribution in [0.3, 0.4) is 0 Å². The first kappa shape index (κ1) is 18.3. The van der Waals surface area contributed by atoms with Crippen molar-refractivity contribution in [3.63, 3.8) is 0 Å². The molecule has 0 spiro atoms. The molecule has 1 atom stereocenters. The summed E-state index contributed by atoms with van der Waals surface area (Å²) in [5, 5.41) is 13.3. The van der Waals surface area contributed by atoms with Gasteiger partial charge in [-0.1, -0.05) is 0 Å². The molecular weight excluding hydrogens is 391 g/mol. The second-order valence-electron chi connectivity index (χ2n) is 6.03. The maximum atomic E-state index is 13.9. The Morgan fingerprint density at radius 1 is 1.46 bits per heavy atom. The molecule has 9 nitrogen and oxygen atoms in total. The van der Waals surface area contributed by atoms with E-state index in [2.05, 4.69) is 9.97 Å². The minimum Gasteiger partial charge on any atom is -0.494 e. The first-order chi connectivity index (χ1) is 13.5. The van der Waals surface area contributed by atoms with Crippen LogP contribution in [0.5, 0.6) is 11.8 Å². The van der Waals surface area contributed by atoms with E-state index < -0.39 is 10.7 Å². The first-order valence-electron chi connectivity index (χ1n) is 8.28. The molecule has 0 bridgehead atoms. The zero-order valence-electron chi connectivity index (χ0n) is 14.7. The number of ether oxygens (including phenoxy) is 3. The van der Waals surface area contributed by atoms with Crippen molar-refractivity contribution in [3.05, 3.63) is 51.4 Å². The number of hydrogen-bond donors (Lipinski definition) is 0. The van der Waals surface area contributed by atoms with Crippen LogP contribution in [0.4, 0.5) is 10.2 Å². The van der Waals surface area contributed by atoms with E-state index in [-0.39, 0.29) is 36.9 Å². The summed E-state index contributed by atoms with van der Waals surface area (Å²) in [4.78, 5) is 18.5. The van der Waals surface area contributed by atoms with Crippen LogP contribution in [0.2, 0.25) is 0 Å². The van der Waals surface area contributed by atoms with Crippen LogP contribution in [0.1, 0.15) is 5.69 Å². The second-order valence-corrected chi connectivity index (χ2v) is 6.89. The van der Waals surface area contributed by atoms with E-state index in [0.29, 0.717) is 22.8 Å². The molecule has 1 aromatic carbocycles. The number of imidazole rings is 1. The predicted molar refractivity (Wildman–Crippen MR) is 97.0 cm³/mol. The summed E-state index contributed by atoms with van der Waals surface area (Å²) in [6.07, 6.45) is 1.04. The summed E-state index contributed by atoms with van der Waals surface area (Å²) in [5.41, 5.74) is 1.37. The molecule has 3 heterocycles. The van der Waals surface area contributed by atoms with Crippen LogP contribution < -0.4 is 9.47 Å². The van der Waals surface area contributed by atoms with Crippen molar-refractivity contribution in [2.24, 2.45) is 0 Å². The summed E-state index contributed by atoms with van der Waals surface area (Å²) >= 11 is 1.39. The predicted octanol–water partition coefficient (Wildman–Crippen LogP) is 3.04. The Bertz CT molecular complexity index is 1020. The quantitative estimate of drug-likeness (QED) is 0.458. The van der Waals surface area contributed by atoms with E-state index in [1.165, 1.54) is 30.7 Å². The molecule has 0 aliphatic carbocycles. The van der Waals surface area contributed by atoms with Crippen molar-refractivity contribution in [2.75, 3.05) is 13.7 Å². The Labute approximate surface area is 162 Å². The number of fused-ring (bicyclic) bond motifs is 1. The zero-order chi connectivity index (χ0) is 19.7. The maximum Gasteiger partial charge on any atom is 0.414 e. The van der Waals surface area contributed by atoms with Crippen molar-refractivity contribution in [2.45, 2.75) is 19.3 Å². The fourth-order valence-corrected chi connectivity index (χ4v) is 3.57. The summed E-state index contributed by atoms with van der Waals surface area (Å²) in [7, 11) is 1.41. The Morgan fingerprint density at radius 3 is 3.07 bits per heavy atom. The van der Waals surface area contributed by atoms with Crippen molar-refractivity contribution < 1.29 is 23.5 Å². The Morgan fingerprint density at radius 2 is 2.32 bits per heavy atom. The number of methoxy groups -OCH3 is 1. The summed E-state index contributed by atoms with van der Waals surface area (Å²) in [6, 6.07) is 4.89. The third kappa shape index (κ3) is 3.66. The standard InChI is InChI=1S/C17H15FN4O5S/c1-25-14-3-2-10(4-13(14)18)16-19-11(9-28-16)7-26-12-5-21-6-15(22(23)24)20-17(21)27-8-12/h2-4,6,9,12H,5,7-8H2,1H3/t12-/m0/s1. The highest BCUT2D eigenvalue weighted by Crippen LogP contribution is 2.28. The van der Waals surface area contributed by atoms with E-state index in [1.54, 1.807) is 16.7 Å². The Hall–Kier alpha value is -3.05. The van der Waals surface area contributed by atoms with Gasteiger partial charge in [0, 0.05) is 15.9 Å². The van der Waals surface area contributed by atoms with Gasteiger partial charge in [-0.3, -0.25) is 4.57 Å². The molecule has 28 heavy (non-hydrogen) atoms. The Kier molecular flexibility index (Phi) is 4.92. The van der Waals surface area contributed by atoms with Gasteiger partial charge in [-0.15, -0.1) is 11.3 Å². The number of halogens is 1. The molecule has 0 fully saturated rings. The molecule has 3 aromatic rings. The van der Waals surface area contributed by atoms with Gasteiger partial charge >= 0.3 is 11.8 Å². The van der Waals surface area contributed by atoms with E-state index in [1.807, 2.05) is 5.38 Å². The number of aromatic nitrogens is 3. The fraction of sp³-hybridized carbons (Fsp3) is 0.294. The van der Waals surface area contributed by atoms with Gasteiger partial charge in [0.2, 0.25) is 0 Å². The van der Waals surface area contributed by atoms with Gasteiger partial charge in [-0.05, 0) is 23.1 Å². The van der Waals surface area contributed by atoms with Crippen LogP contribution in [0, 0.1) is 15.9 Å². The molecule has 0 saturated carbocycles. The summed E-state index contributed by atoms with van der Waals surface area (Å²) in [5.74, 6) is -0.524. The van der Waals surface area contributed by atoms with E-state index in [4.69, 9.17) is 14.2 Å². The number of nitrogens with zero attached hydrogens (tertiary/aromatic N) is 4. The van der Waals surface area contributed by atoms with Crippen LogP contribution in [-0.4, -0.2) is 39.3 Å². The van der Waals surface area contributed by atoms with Crippen LogP contribution >= 0.6 is 11.3 Å². The lowest BCUT2D eigenvalue weighted by Crippen LogP contribution is -2.32. The average molecular weight is 406 g/mol. The largest absolute Gasteiger partial charge is 0.494 e. The summed E-state index contributed by atoms with van der Waals surface area (Å²) in [6.45, 7) is 0.890. The van der Waals surface area contributed by atoms with Crippen LogP contribution in [0.25, 0.3) is 10.6 Å². The van der Waals surface area contributed by atoms with Crippen molar-refractivity contribution in [3.8, 4) is 22.3 Å². The fourth-order valence-electron chi connectivity index (χ4n) is 2.77. The molecule has 0 N–H and O–H groups in total. The Balaban J connectivity index is 1.38. The molecule has 0 amide bonds. The summed E-state index contributed by atoms with van der Waals surface area (Å²) < 4.78 is 31.6. The first-order valence-corrected chi connectivity index (χ1v) is 9.15. The highest BCUT2D eigenvalue weighted by atomic mass is 32.1. The lowest BCUT2D eigenvalue weighted by Gasteiger charge is -2.21. The minimum atomic E-state index is -0.566. The van der Waals surface area contributed by atoms with Gasteiger partial charge in [0.25, 0.3) is 0 Å². The number of nitro groups is 1. The molecule has 0 saturated heterocycles. The normalized spacial score (nSPS) is 15.7. The smallest absolute Gasteiger partial charge is 0.414 e. The SMILES string of the molecule is COc1ccc(-c2nc(CO[C@@H]3COc4nc([N+](=O)[O-])cn4C3)cs2)cc1F. The third-order valence-corrected chi connectivity index (χ3v) is 5.07.